The Hall–Kier alpha value is -1.06. The number of hydrogen-bond acceptors (Lipinski definition) is 3. The lowest BCUT2D eigenvalue weighted by molar-refractivity contribution is -0.128. The summed E-state index contributed by atoms with van der Waals surface area (Å²) < 4.78 is 5.60. The fourth-order valence-corrected chi connectivity index (χ4v) is 4.55. The molecule has 3 aliphatic rings. The molecule has 118 valence electrons. The minimum absolute atomic E-state index is 0.0683. The first kappa shape index (κ1) is 14.9. The Morgan fingerprint density at radius 3 is 2.57 bits per heavy atom. The summed E-state index contributed by atoms with van der Waals surface area (Å²) >= 11 is 0. The molecule has 1 saturated carbocycles. The molecule has 4 atom stereocenters. The van der Waals surface area contributed by atoms with Crippen LogP contribution in [0.2, 0.25) is 0 Å². The van der Waals surface area contributed by atoms with Gasteiger partial charge in [0.25, 0.3) is 0 Å². The van der Waals surface area contributed by atoms with Crippen LogP contribution in [0.5, 0.6) is 0 Å². The average Bonchev–Trinajstić information content (AvgIpc) is 2.68. The number of carbonyl (C=O) groups is 2. The molecule has 4 nitrogen and oxygen atoms in total. The standard InChI is InChI=1S/C17H27NO3/c1-17(2,3)21-16(20)18-12-8-7-11-5-4-6-14(19)15(11)13(18)10-9-12/h11-13,15H,4-10H2,1-3H3/t11-,12+,13+,15?/m0/s1. The number of Topliss-reactive ketones (excluding diaryl/α,β-unsaturated/α-hetero) is 1. The Bertz CT molecular complexity index is 440. The molecular formula is C17H27NO3. The molecule has 0 radical (unpaired) electrons. The molecular weight excluding hydrogens is 266 g/mol. The van der Waals surface area contributed by atoms with Gasteiger partial charge in [0.2, 0.25) is 0 Å². The summed E-state index contributed by atoms with van der Waals surface area (Å²) in [6, 6.07) is 0.369. The van der Waals surface area contributed by atoms with Crippen molar-refractivity contribution in [2.75, 3.05) is 0 Å². The van der Waals surface area contributed by atoms with Crippen LogP contribution in [0.15, 0.2) is 0 Å². The summed E-state index contributed by atoms with van der Waals surface area (Å²) in [7, 11) is 0. The monoisotopic (exact) mass is 293 g/mol. The highest BCUT2D eigenvalue weighted by molar-refractivity contribution is 5.84. The van der Waals surface area contributed by atoms with E-state index in [2.05, 4.69) is 0 Å². The molecule has 0 aromatic rings. The summed E-state index contributed by atoms with van der Waals surface area (Å²) in [5.74, 6) is 0.942. The Balaban J connectivity index is 1.84. The second-order valence-electron chi connectivity index (χ2n) is 7.91. The number of ether oxygens (including phenoxy) is 1. The van der Waals surface area contributed by atoms with Gasteiger partial charge in [-0.1, -0.05) is 0 Å². The van der Waals surface area contributed by atoms with Crippen molar-refractivity contribution in [2.24, 2.45) is 11.8 Å². The third kappa shape index (κ3) is 2.82. The first-order valence-corrected chi connectivity index (χ1v) is 8.41. The van der Waals surface area contributed by atoms with Crippen LogP contribution in [0.1, 0.15) is 65.7 Å². The van der Waals surface area contributed by atoms with Crippen LogP contribution < -0.4 is 0 Å². The molecule has 0 aromatic heterocycles. The molecule has 2 heterocycles. The smallest absolute Gasteiger partial charge is 0.410 e. The van der Waals surface area contributed by atoms with Gasteiger partial charge in [0.15, 0.2) is 0 Å². The molecule has 1 amide bonds. The molecule has 1 unspecified atom stereocenters. The van der Waals surface area contributed by atoms with Gasteiger partial charge in [-0.3, -0.25) is 4.79 Å². The lowest BCUT2D eigenvalue weighted by Gasteiger charge is -2.37. The number of amides is 1. The van der Waals surface area contributed by atoms with Gasteiger partial charge in [-0.2, -0.15) is 0 Å². The molecule has 2 aliphatic heterocycles. The van der Waals surface area contributed by atoms with Crippen LogP contribution in [0, 0.1) is 11.8 Å². The molecule has 1 aliphatic carbocycles. The van der Waals surface area contributed by atoms with E-state index in [0.717, 1.165) is 38.5 Å². The van der Waals surface area contributed by atoms with Gasteiger partial charge in [0.1, 0.15) is 11.4 Å². The fraction of sp³-hybridized carbons (Fsp3) is 0.882. The van der Waals surface area contributed by atoms with Crippen molar-refractivity contribution in [1.82, 2.24) is 4.90 Å². The first-order valence-electron chi connectivity index (χ1n) is 8.41. The number of hydrogen-bond donors (Lipinski definition) is 0. The van der Waals surface area contributed by atoms with Gasteiger partial charge >= 0.3 is 6.09 Å². The van der Waals surface area contributed by atoms with Gasteiger partial charge in [0.05, 0.1) is 0 Å². The maximum Gasteiger partial charge on any atom is 0.410 e. The SMILES string of the molecule is CC(C)(C)OC(=O)N1[C@@H]2CC[C@@H]3CCCC(=O)C3[C@H]1CC2. The van der Waals surface area contributed by atoms with Crippen molar-refractivity contribution in [3.63, 3.8) is 0 Å². The van der Waals surface area contributed by atoms with Gasteiger partial charge in [-0.05, 0) is 65.2 Å². The minimum Gasteiger partial charge on any atom is -0.444 e. The molecule has 0 spiro atoms. The van der Waals surface area contributed by atoms with E-state index in [0.29, 0.717) is 18.1 Å². The van der Waals surface area contributed by atoms with Gasteiger partial charge in [-0.15, -0.1) is 0 Å². The number of fused-ring (bicyclic) bond motifs is 4. The second-order valence-corrected chi connectivity index (χ2v) is 7.91. The van der Waals surface area contributed by atoms with E-state index in [1.807, 2.05) is 25.7 Å². The van der Waals surface area contributed by atoms with E-state index < -0.39 is 5.60 Å². The summed E-state index contributed by atoms with van der Waals surface area (Å²) in [6.07, 6.45) is 6.79. The highest BCUT2D eigenvalue weighted by Crippen LogP contribution is 2.45. The van der Waals surface area contributed by atoms with Crippen molar-refractivity contribution < 1.29 is 14.3 Å². The summed E-state index contributed by atoms with van der Waals surface area (Å²) in [5.41, 5.74) is -0.473. The second kappa shape index (κ2) is 5.29. The molecule has 21 heavy (non-hydrogen) atoms. The molecule has 0 aromatic carbocycles. The van der Waals surface area contributed by atoms with E-state index in [9.17, 15) is 9.59 Å². The van der Waals surface area contributed by atoms with Crippen LogP contribution in [0.25, 0.3) is 0 Å². The maximum atomic E-state index is 12.6. The van der Waals surface area contributed by atoms with E-state index in [1.54, 1.807) is 0 Å². The minimum atomic E-state index is -0.473. The lowest BCUT2D eigenvalue weighted by atomic mass is 9.71. The Kier molecular flexibility index (Phi) is 3.74. The zero-order valence-electron chi connectivity index (χ0n) is 13.4. The average molecular weight is 293 g/mol. The van der Waals surface area contributed by atoms with Gasteiger partial charge < -0.3 is 9.64 Å². The number of ketones is 1. The predicted molar refractivity (Wildman–Crippen MR) is 80.0 cm³/mol. The Morgan fingerprint density at radius 1 is 1.14 bits per heavy atom. The molecule has 3 fully saturated rings. The summed E-state index contributed by atoms with van der Waals surface area (Å²) in [5, 5.41) is 0. The molecule has 2 bridgehead atoms. The van der Waals surface area contributed by atoms with E-state index in [1.165, 1.54) is 0 Å². The van der Waals surface area contributed by atoms with Crippen molar-refractivity contribution in [1.29, 1.82) is 0 Å². The predicted octanol–water partition coefficient (Wildman–Crippen LogP) is 3.53. The van der Waals surface area contributed by atoms with Crippen molar-refractivity contribution in [3.8, 4) is 0 Å². The highest BCUT2D eigenvalue weighted by atomic mass is 16.6. The molecule has 4 heteroatoms. The van der Waals surface area contributed by atoms with Crippen LogP contribution in [-0.2, 0) is 9.53 Å². The molecule has 0 N–H and O–H groups in total. The third-order valence-electron chi connectivity index (χ3n) is 5.31. The Labute approximate surface area is 127 Å². The van der Waals surface area contributed by atoms with E-state index in [4.69, 9.17) is 4.74 Å². The van der Waals surface area contributed by atoms with Gasteiger partial charge in [0, 0.05) is 24.4 Å². The fourth-order valence-electron chi connectivity index (χ4n) is 4.55. The zero-order valence-corrected chi connectivity index (χ0v) is 13.4. The zero-order chi connectivity index (χ0) is 15.2. The number of carbonyl (C=O) groups excluding carboxylic acids is 2. The highest BCUT2D eigenvalue weighted by Gasteiger charge is 2.50. The Morgan fingerprint density at radius 2 is 1.86 bits per heavy atom. The normalized spacial score (nSPS) is 36.1. The van der Waals surface area contributed by atoms with Crippen LogP contribution in [-0.4, -0.2) is 34.5 Å². The van der Waals surface area contributed by atoms with Gasteiger partial charge in [-0.25, -0.2) is 4.79 Å². The molecule has 2 saturated heterocycles. The van der Waals surface area contributed by atoms with E-state index in [-0.39, 0.29) is 24.1 Å². The van der Waals surface area contributed by atoms with Crippen LogP contribution in [0.3, 0.4) is 0 Å². The van der Waals surface area contributed by atoms with Crippen molar-refractivity contribution in [2.45, 2.75) is 83.4 Å². The van der Waals surface area contributed by atoms with Crippen LogP contribution >= 0.6 is 0 Å². The quantitative estimate of drug-likeness (QED) is 0.686. The lowest BCUT2D eigenvalue weighted by Crippen LogP contribution is -2.48. The maximum absolute atomic E-state index is 12.6. The summed E-state index contributed by atoms with van der Waals surface area (Å²) in [4.78, 5) is 27.0. The number of nitrogens with zero attached hydrogens (tertiary/aromatic N) is 1. The summed E-state index contributed by atoms with van der Waals surface area (Å²) in [6.45, 7) is 5.71. The van der Waals surface area contributed by atoms with Crippen molar-refractivity contribution >= 4 is 11.9 Å². The molecule has 3 rings (SSSR count). The third-order valence-corrected chi connectivity index (χ3v) is 5.31. The topological polar surface area (TPSA) is 46.6 Å². The first-order chi connectivity index (χ1) is 9.87. The van der Waals surface area contributed by atoms with Crippen molar-refractivity contribution in [3.05, 3.63) is 0 Å². The van der Waals surface area contributed by atoms with E-state index >= 15 is 0 Å². The number of rotatable bonds is 0. The largest absolute Gasteiger partial charge is 0.444 e. The van der Waals surface area contributed by atoms with Crippen LogP contribution in [0.4, 0.5) is 4.79 Å².